The van der Waals surface area contributed by atoms with E-state index >= 15 is 0 Å². The number of nitrogens with zero attached hydrogens (tertiary/aromatic N) is 3. The predicted molar refractivity (Wildman–Crippen MR) is 129 cm³/mol. The van der Waals surface area contributed by atoms with Gasteiger partial charge >= 0.3 is 0 Å². The third kappa shape index (κ3) is 5.72. The second-order valence-corrected chi connectivity index (χ2v) is 7.50. The number of carbonyl (C=O) groups is 2. The highest BCUT2D eigenvalue weighted by molar-refractivity contribution is 6.31. The minimum Gasteiger partial charge on any atom is -0.343 e. The monoisotopic (exact) mass is 457 g/mol. The molecule has 0 spiro atoms. The number of halogens is 1. The SMILES string of the molecule is O=C(CNC(=O)c1cccc(Cl)c1)NN=Cc1cn(-c2ccccc2)nc1-c1ccccc1. The fourth-order valence-corrected chi connectivity index (χ4v) is 3.31. The summed E-state index contributed by atoms with van der Waals surface area (Å²) in [5, 5.41) is 11.7. The van der Waals surface area contributed by atoms with E-state index in [1.165, 1.54) is 12.3 Å². The Kier molecular flexibility index (Phi) is 6.92. The lowest BCUT2D eigenvalue weighted by Crippen LogP contribution is -2.34. The van der Waals surface area contributed by atoms with Crippen molar-refractivity contribution < 1.29 is 9.59 Å². The number of benzene rings is 3. The maximum atomic E-state index is 12.1. The molecule has 2 amide bonds. The van der Waals surface area contributed by atoms with Crippen molar-refractivity contribution in [3.05, 3.63) is 107 Å². The highest BCUT2D eigenvalue weighted by Gasteiger charge is 2.11. The normalized spacial score (nSPS) is 10.8. The molecule has 0 aliphatic rings. The molecule has 1 heterocycles. The molecule has 0 aliphatic carbocycles. The van der Waals surface area contributed by atoms with Gasteiger partial charge < -0.3 is 5.32 Å². The van der Waals surface area contributed by atoms with Gasteiger partial charge in [-0.3, -0.25) is 9.59 Å². The van der Waals surface area contributed by atoms with E-state index < -0.39 is 11.8 Å². The summed E-state index contributed by atoms with van der Waals surface area (Å²) in [4.78, 5) is 24.3. The highest BCUT2D eigenvalue weighted by Crippen LogP contribution is 2.22. The Labute approximate surface area is 195 Å². The van der Waals surface area contributed by atoms with Gasteiger partial charge in [-0.1, -0.05) is 66.2 Å². The van der Waals surface area contributed by atoms with Crippen LogP contribution in [-0.4, -0.2) is 34.4 Å². The standard InChI is InChI=1S/C25H20ClN5O2/c26-21-11-7-10-19(14-21)25(33)27-16-23(32)29-28-15-20-17-31(22-12-5-2-6-13-22)30-24(20)18-8-3-1-4-9-18/h1-15,17H,16H2,(H,27,33)(H,29,32). The number of hydrogen-bond acceptors (Lipinski definition) is 4. The minimum atomic E-state index is -0.460. The smallest absolute Gasteiger partial charge is 0.259 e. The quantitative estimate of drug-likeness (QED) is 0.324. The molecule has 8 heteroatoms. The lowest BCUT2D eigenvalue weighted by atomic mass is 10.1. The number of amides is 2. The largest absolute Gasteiger partial charge is 0.343 e. The first-order chi connectivity index (χ1) is 16.1. The summed E-state index contributed by atoms with van der Waals surface area (Å²) in [6, 6.07) is 25.9. The molecule has 0 aliphatic heterocycles. The summed E-state index contributed by atoms with van der Waals surface area (Å²) in [5.41, 5.74) is 6.09. The van der Waals surface area contributed by atoms with Crippen LogP contribution in [0.4, 0.5) is 0 Å². The van der Waals surface area contributed by atoms with Gasteiger partial charge in [0.05, 0.1) is 18.4 Å². The molecule has 0 radical (unpaired) electrons. The van der Waals surface area contributed by atoms with Gasteiger partial charge in [0.25, 0.3) is 11.8 Å². The molecular weight excluding hydrogens is 438 g/mol. The third-order valence-electron chi connectivity index (χ3n) is 4.70. The van der Waals surface area contributed by atoms with Crippen LogP contribution in [0, 0.1) is 0 Å². The van der Waals surface area contributed by atoms with Crippen molar-refractivity contribution in [2.45, 2.75) is 0 Å². The van der Waals surface area contributed by atoms with E-state index in [1.54, 1.807) is 22.9 Å². The van der Waals surface area contributed by atoms with Crippen molar-refractivity contribution in [2.75, 3.05) is 6.54 Å². The van der Waals surface area contributed by atoms with E-state index in [4.69, 9.17) is 16.7 Å². The number of hydrogen-bond donors (Lipinski definition) is 2. The summed E-state index contributed by atoms with van der Waals surface area (Å²) in [6.45, 7) is -0.225. The lowest BCUT2D eigenvalue weighted by molar-refractivity contribution is -0.120. The first-order valence-electron chi connectivity index (χ1n) is 10.2. The van der Waals surface area contributed by atoms with Crippen LogP contribution in [0.3, 0.4) is 0 Å². The molecule has 7 nitrogen and oxygen atoms in total. The molecule has 0 fully saturated rings. The van der Waals surface area contributed by atoms with Gasteiger partial charge in [0.15, 0.2) is 0 Å². The van der Waals surface area contributed by atoms with E-state index in [0.717, 1.165) is 22.5 Å². The van der Waals surface area contributed by atoms with Crippen molar-refractivity contribution in [2.24, 2.45) is 5.10 Å². The average molecular weight is 458 g/mol. The van der Waals surface area contributed by atoms with E-state index in [9.17, 15) is 9.59 Å². The summed E-state index contributed by atoms with van der Waals surface area (Å²) in [5.74, 6) is -0.856. The molecule has 164 valence electrons. The number of para-hydroxylation sites is 1. The van der Waals surface area contributed by atoms with Crippen molar-refractivity contribution in [1.82, 2.24) is 20.5 Å². The van der Waals surface area contributed by atoms with E-state index in [-0.39, 0.29) is 6.54 Å². The van der Waals surface area contributed by atoms with Gasteiger partial charge in [-0.05, 0) is 30.3 Å². The zero-order chi connectivity index (χ0) is 23.0. The topological polar surface area (TPSA) is 88.4 Å². The molecule has 0 saturated heterocycles. The van der Waals surface area contributed by atoms with E-state index in [1.807, 2.05) is 66.9 Å². The Balaban J connectivity index is 1.44. The summed E-state index contributed by atoms with van der Waals surface area (Å²) < 4.78 is 1.76. The molecule has 33 heavy (non-hydrogen) atoms. The summed E-state index contributed by atoms with van der Waals surface area (Å²) in [6.07, 6.45) is 3.37. The molecule has 4 aromatic rings. The van der Waals surface area contributed by atoms with Crippen molar-refractivity contribution in [3.8, 4) is 16.9 Å². The van der Waals surface area contributed by atoms with E-state index in [2.05, 4.69) is 15.8 Å². The minimum absolute atomic E-state index is 0.225. The fraction of sp³-hybridized carbons (Fsp3) is 0.0400. The van der Waals surface area contributed by atoms with Crippen LogP contribution < -0.4 is 10.7 Å². The van der Waals surface area contributed by atoms with Crippen LogP contribution in [0.5, 0.6) is 0 Å². The van der Waals surface area contributed by atoms with Gasteiger partial charge in [0.2, 0.25) is 0 Å². The van der Waals surface area contributed by atoms with Gasteiger partial charge in [-0.2, -0.15) is 10.2 Å². The summed E-state index contributed by atoms with van der Waals surface area (Å²) in [7, 11) is 0. The second-order valence-electron chi connectivity index (χ2n) is 7.07. The number of nitrogens with one attached hydrogen (secondary N) is 2. The van der Waals surface area contributed by atoms with Gasteiger partial charge in [-0.25, -0.2) is 10.1 Å². The van der Waals surface area contributed by atoms with Crippen LogP contribution in [0.2, 0.25) is 5.02 Å². The average Bonchev–Trinajstić information content (AvgIpc) is 3.28. The number of hydrazone groups is 1. The lowest BCUT2D eigenvalue weighted by Gasteiger charge is -2.04. The predicted octanol–water partition coefficient (Wildman–Crippen LogP) is 4.07. The van der Waals surface area contributed by atoms with Gasteiger partial charge in [0, 0.05) is 27.9 Å². The Bertz CT molecular complexity index is 1290. The maximum absolute atomic E-state index is 12.1. The molecule has 0 atom stereocenters. The first kappa shape index (κ1) is 22.0. The summed E-state index contributed by atoms with van der Waals surface area (Å²) >= 11 is 5.89. The van der Waals surface area contributed by atoms with Crippen LogP contribution in [-0.2, 0) is 4.79 Å². The maximum Gasteiger partial charge on any atom is 0.259 e. The number of carbonyl (C=O) groups excluding carboxylic acids is 2. The molecule has 1 aromatic heterocycles. The number of aromatic nitrogens is 2. The van der Waals surface area contributed by atoms with Gasteiger partial charge in [0.1, 0.15) is 5.69 Å². The first-order valence-corrected chi connectivity index (χ1v) is 10.5. The molecule has 0 bridgehead atoms. The van der Waals surface area contributed by atoms with Crippen molar-refractivity contribution >= 4 is 29.6 Å². The molecular formula is C25H20ClN5O2. The fourth-order valence-electron chi connectivity index (χ4n) is 3.12. The Hall–Kier alpha value is -4.23. The molecule has 0 unspecified atom stereocenters. The van der Waals surface area contributed by atoms with Crippen molar-refractivity contribution in [3.63, 3.8) is 0 Å². The van der Waals surface area contributed by atoms with Crippen molar-refractivity contribution in [1.29, 1.82) is 0 Å². The number of rotatable bonds is 7. The Morgan fingerprint density at radius 3 is 2.42 bits per heavy atom. The van der Waals surface area contributed by atoms with Crippen LogP contribution in [0.1, 0.15) is 15.9 Å². The van der Waals surface area contributed by atoms with Crippen LogP contribution in [0.25, 0.3) is 16.9 Å². The molecule has 0 saturated carbocycles. The third-order valence-corrected chi connectivity index (χ3v) is 4.93. The van der Waals surface area contributed by atoms with Gasteiger partial charge in [-0.15, -0.1) is 0 Å². The van der Waals surface area contributed by atoms with Crippen LogP contribution >= 0.6 is 11.6 Å². The molecule has 3 aromatic carbocycles. The zero-order valence-electron chi connectivity index (χ0n) is 17.5. The Morgan fingerprint density at radius 2 is 1.70 bits per heavy atom. The van der Waals surface area contributed by atoms with E-state index in [0.29, 0.717) is 10.6 Å². The molecule has 2 N–H and O–H groups in total. The zero-order valence-corrected chi connectivity index (χ0v) is 18.2. The van der Waals surface area contributed by atoms with Crippen LogP contribution in [0.15, 0.2) is 96.2 Å². The molecule has 4 rings (SSSR count). The Morgan fingerprint density at radius 1 is 0.970 bits per heavy atom. The highest BCUT2D eigenvalue weighted by atomic mass is 35.5. The second kappa shape index (κ2) is 10.4.